The molecule has 2 aromatic heterocycles. The number of imidazole rings is 1. The molecule has 0 spiro atoms. The van der Waals surface area contributed by atoms with Crippen molar-refractivity contribution >= 4 is 45.2 Å². The summed E-state index contributed by atoms with van der Waals surface area (Å²) in [6.45, 7) is -0.104. The van der Waals surface area contributed by atoms with Crippen molar-refractivity contribution in [3.05, 3.63) is 70.1 Å². The molecule has 0 aliphatic carbocycles. The van der Waals surface area contributed by atoms with Crippen molar-refractivity contribution in [3.8, 4) is 6.07 Å². The Balaban J connectivity index is 1.39. The number of rotatable bonds is 6. The summed E-state index contributed by atoms with van der Waals surface area (Å²) in [5.41, 5.74) is 2.91. The molecule has 0 bridgehead atoms. The van der Waals surface area contributed by atoms with Crippen molar-refractivity contribution in [1.82, 2.24) is 19.3 Å². The van der Waals surface area contributed by atoms with Crippen LogP contribution in [0.3, 0.4) is 0 Å². The molecule has 8 nitrogen and oxygen atoms in total. The zero-order valence-electron chi connectivity index (χ0n) is 15.9. The Kier molecular flexibility index (Phi) is 5.65. The fourth-order valence-corrected chi connectivity index (χ4v) is 4.68. The summed E-state index contributed by atoms with van der Waals surface area (Å²) in [7, 11) is 1.68. The van der Waals surface area contributed by atoms with Crippen LogP contribution in [0.25, 0.3) is 11.0 Å². The molecular formula is C20H16N6O2S2. The second kappa shape index (κ2) is 8.52. The van der Waals surface area contributed by atoms with Gasteiger partial charge in [0.1, 0.15) is 6.54 Å². The van der Waals surface area contributed by atoms with Gasteiger partial charge in [-0.15, -0.1) is 10.2 Å². The maximum absolute atomic E-state index is 12.5. The van der Waals surface area contributed by atoms with Crippen molar-refractivity contribution in [2.24, 2.45) is 7.05 Å². The molecule has 1 N–H and O–H groups in total. The second-order valence-corrected chi connectivity index (χ2v) is 8.64. The fraction of sp³-hybridized carbons (Fsp3) is 0.150. The van der Waals surface area contributed by atoms with Crippen LogP contribution in [0.5, 0.6) is 0 Å². The molecule has 0 saturated carbocycles. The van der Waals surface area contributed by atoms with Crippen LogP contribution >= 0.6 is 23.1 Å². The number of thioether (sulfide) groups is 1. The van der Waals surface area contributed by atoms with Crippen LogP contribution in [-0.2, 0) is 24.1 Å². The first kappa shape index (κ1) is 19.9. The first-order valence-corrected chi connectivity index (χ1v) is 10.7. The monoisotopic (exact) mass is 436 g/mol. The first-order valence-electron chi connectivity index (χ1n) is 8.94. The van der Waals surface area contributed by atoms with Crippen molar-refractivity contribution in [2.75, 3.05) is 5.32 Å². The Morgan fingerprint density at radius 2 is 1.90 bits per heavy atom. The predicted molar refractivity (Wildman–Crippen MR) is 116 cm³/mol. The number of hydrogen-bond donors (Lipinski definition) is 1. The van der Waals surface area contributed by atoms with Gasteiger partial charge in [-0.25, -0.2) is 4.79 Å². The third-order valence-electron chi connectivity index (χ3n) is 4.45. The molecule has 0 radical (unpaired) electrons. The van der Waals surface area contributed by atoms with E-state index < -0.39 is 0 Å². The SMILES string of the molecule is Cn1c(=O)n(CC(=O)Nc2nnc(SCc3ccc(C#N)cc3)s2)c2ccccc21. The van der Waals surface area contributed by atoms with Gasteiger partial charge in [0.2, 0.25) is 11.0 Å². The number of benzene rings is 2. The largest absolute Gasteiger partial charge is 0.329 e. The highest BCUT2D eigenvalue weighted by atomic mass is 32.2. The molecule has 10 heteroatoms. The van der Waals surface area contributed by atoms with Crippen LogP contribution in [0.2, 0.25) is 0 Å². The third kappa shape index (κ3) is 4.12. The van der Waals surface area contributed by atoms with E-state index in [2.05, 4.69) is 21.6 Å². The summed E-state index contributed by atoms with van der Waals surface area (Å²) < 4.78 is 3.68. The van der Waals surface area contributed by atoms with Gasteiger partial charge < -0.3 is 0 Å². The van der Waals surface area contributed by atoms with Crippen molar-refractivity contribution in [2.45, 2.75) is 16.6 Å². The van der Waals surface area contributed by atoms with Gasteiger partial charge in [-0.2, -0.15) is 5.26 Å². The number of para-hydroxylation sites is 2. The molecular weight excluding hydrogens is 420 g/mol. The number of fused-ring (bicyclic) bond motifs is 1. The third-order valence-corrected chi connectivity index (χ3v) is 6.49. The van der Waals surface area contributed by atoms with Crippen LogP contribution in [0.1, 0.15) is 11.1 Å². The van der Waals surface area contributed by atoms with Gasteiger partial charge in [-0.1, -0.05) is 47.4 Å². The molecule has 0 fully saturated rings. The number of aromatic nitrogens is 4. The van der Waals surface area contributed by atoms with Crippen LogP contribution < -0.4 is 11.0 Å². The smallest absolute Gasteiger partial charge is 0.299 e. The van der Waals surface area contributed by atoms with E-state index in [9.17, 15) is 9.59 Å². The minimum absolute atomic E-state index is 0.104. The number of aryl methyl sites for hydroxylation is 1. The minimum atomic E-state index is -0.340. The number of hydrogen-bond acceptors (Lipinski definition) is 7. The molecule has 1 amide bonds. The first-order chi connectivity index (χ1) is 14.5. The Hall–Kier alpha value is -3.42. The van der Waals surface area contributed by atoms with Crippen LogP contribution in [0.4, 0.5) is 5.13 Å². The Labute approximate surface area is 179 Å². The van der Waals surface area contributed by atoms with Crippen molar-refractivity contribution < 1.29 is 4.79 Å². The van der Waals surface area contributed by atoms with E-state index in [-0.39, 0.29) is 18.1 Å². The zero-order chi connectivity index (χ0) is 21.1. The van der Waals surface area contributed by atoms with Gasteiger partial charge in [0.15, 0.2) is 4.34 Å². The number of carbonyl (C=O) groups excluding carboxylic acids is 1. The lowest BCUT2D eigenvalue weighted by Crippen LogP contribution is -2.28. The molecule has 0 saturated heterocycles. The topological polar surface area (TPSA) is 106 Å². The standard InChI is InChI=1S/C20H16N6O2S2/c1-25-15-4-2-3-5-16(15)26(20(25)28)11-17(27)22-18-23-24-19(30-18)29-12-14-8-6-13(10-21)7-9-14/h2-9H,11-12H2,1H3,(H,22,23,27). The van der Waals surface area contributed by atoms with E-state index in [1.54, 1.807) is 19.2 Å². The van der Waals surface area contributed by atoms with Crippen molar-refractivity contribution in [1.29, 1.82) is 5.26 Å². The van der Waals surface area contributed by atoms with E-state index in [1.165, 1.54) is 32.2 Å². The highest BCUT2D eigenvalue weighted by Gasteiger charge is 2.15. The van der Waals surface area contributed by atoms with Gasteiger partial charge in [-0.3, -0.25) is 19.2 Å². The van der Waals surface area contributed by atoms with Crippen LogP contribution in [-0.4, -0.2) is 25.2 Å². The molecule has 0 atom stereocenters. The van der Waals surface area contributed by atoms with Gasteiger partial charge in [0.25, 0.3) is 0 Å². The molecule has 0 aliphatic rings. The second-order valence-electron chi connectivity index (χ2n) is 6.44. The summed E-state index contributed by atoms with van der Waals surface area (Å²) in [6.07, 6.45) is 0. The van der Waals surface area contributed by atoms with E-state index in [0.717, 1.165) is 15.4 Å². The number of nitriles is 1. The molecule has 4 aromatic rings. The lowest BCUT2D eigenvalue weighted by molar-refractivity contribution is -0.116. The average molecular weight is 437 g/mol. The summed E-state index contributed by atoms with van der Waals surface area (Å²) in [4.78, 5) is 24.9. The summed E-state index contributed by atoms with van der Waals surface area (Å²) in [5.74, 6) is 0.341. The van der Waals surface area contributed by atoms with Crippen molar-refractivity contribution in [3.63, 3.8) is 0 Å². The molecule has 4 rings (SSSR count). The lowest BCUT2D eigenvalue weighted by Gasteiger charge is -2.03. The summed E-state index contributed by atoms with van der Waals surface area (Å²) >= 11 is 2.77. The van der Waals surface area contributed by atoms with E-state index in [0.29, 0.717) is 22.0 Å². The average Bonchev–Trinajstić information content (AvgIpc) is 3.31. The van der Waals surface area contributed by atoms with E-state index >= 15 is 0 Å². The maximum atomic E-state index is 12.5. The number of anilines is 1. The molecule has 2 aromatic carbocycles. The predicted octanol–water partition coefficient (Wildman–Crippen LogP) is 2.99. The minimum Gasteiger partial charge on any atom is -0.299 e. The van der Waals surface area contributed by atoms with Gasteiger partial charge in [0, 0.05) is 12.8 Å². The molecule has 0 unspecified atom stereocenters. The van der Waals surface area contributed by atoms with Crippen LogP contribution in [0, 0.1) is 11.3 Å². The normalized spacial score (nSPS) is 10.8. The van der Waals surface area contributed by atoms with E-state index in [4.69, 9.17) is 5.26 Å². The van der Waals surface area contributed by atoms with E-state index in [1.807, 2.05) is 36.4 Å². The molecule has 150 valence electrons. The number of carbonyl (C=O) groups is 1. The lowest BCUT2D eigenvalue weighted by atomic mass is 10.2. The molecule has 2 heterocycles. The number of nitrogens with one attached hydrogen (secondary N) is 1. The quantitative estimate of drug-likeness (QED) is 0.368. The Morgan fingerprint density at radius 1 is 1.17 bits per heavy atom. The van der Waals surface area contributed by atoms with Crippen LogP contribution in [0.15, 0.2) is 57.7 Å². The highest BCUT2D eigenvalue weighted by molar-refractivity contribution is 8.00. The Morgan fingerprint density at radius 3 is 2.63 bits per heavy atom. The van der Waals surface area contributed by atoms with Gasteiger partial charge in [0.05, 0.1) is 22.7 Å². The molecule has 0 aliphatic heterocycles. The fourth-order valence-electron chi connectivity index (χ4n) is 2.96. The summed E-state index contributed by atoms with van der Waals surface area (Å²) in [5, 5.41) is 20.0. The maximum Gasteiger partial charge on any atom is 0.329 e. The highest BCUT2D eigenvalue weighted by Crippen LogP contribution is 2.28. The number of amides is 1. The van der Waals surface area contributed by atoms with Gasteiger partial charge in [-0.05, 0) is 29.8 Å². The summed E-state index contributed by atoms with van der Waals surface area (Å²) in [6, 6.07) is 16.8. The Bertz CT molecular complexity index is 1310. The molecule has 30 heavy (non-hydrogen) atoms. The zero-order valence-corrected chi connectivity index (χ0v) is 17.5. The number of nitrogens with zero attached hydrogens (tertiary/aromatic N) is 5. The van der Waals surface area contributed by atoms with Gasteiger partial charge >= 0.3 is 5.69 Å².